The molecular weight excluding hydrogens is 180 g/mol. The Bertz CT molecular complexity index is 353. The smallest absolute Gasteiger partial charge is 0.339 e. The van der Waals surface area contributed by atoms with E-state index in [9.17, 15) is 4.79 Å². The lowest BCUT2D eigenvalue weighted by atomic mass is 9.85. The standard InChI is InChI=1S/C10H14N2O2/c1-7-9(10(13)14)6-12(11-7)5-8-3-2-4-8/h6,8H,2-5H2,1H3,(H,13,14). The third-order valence-corrected chi connectivity index (χ3v) is 2.85. The second-order valence-corrected chi connectivity index (χ2v) is 3.95. The topological polar surface area (TPSA) is 55.1 Å². The molecule has 0 aromatic carbocycles. The summed E-state index contributed by atoms with van der Waals surface area (Å²) in [7, 11) is 0. The minimum absolute atomic E-state index is 0.323. The molecule has 1 aromatic heterocycles. The Kier molecular flexibility index (Phi) is 2.27. The van der Waals surface area contributed by atoms with Gasteiger partial charge in [-0.3, -0.25) is 4.68 Å². The molecule has 4 heteroatoms. The maximum atomic E-state index is 10.8. The Morgan fingerprint density at radius 2 is 2.43 bits per heavy atom. The normalized spacial score (nSPS) is 16.6. The summed E-state index contributed by atoms with van der Waals surface area (Å²) in [6.07, 6.45) is 5.44. The average molecular weight is 194 g/mol. The molecule has 2 rings (SSSR count). The summed E-state index contributed by atoms with van der Waals surface area (Å²) in [6.45, 7) is 2.61. The number of aromatic nitrogens is 2. The molecule has 0 radical (unpaired) electrons. The van der Waals surface area contributed by atoms with E-state index in [2.05, 4.69) is 5.10 Å². The van der Waals surface area contributed by atoms with E-state index in [-0.39, 0.29) is 0 Å². The SMILES string of the molecule is Cc1nn(CC2CCC2)cc1C(=O)O. The van der Waals surface area contributed by atoms with E-state index in [0.29, 0.717) is 17.2 Å². The van der Waals surface area contributed by atoms with E-state index in [1.54, 1.807) is 17.8 Å². The number of carboxylic acids is 1. The first-order valence-electron chi connectivity index (χ1n) is 4.94. The number of hydrogen-bond acceptors (Lipinski definition) is 2. The summed E-state index contributed by atoms with van der Waals surface area (Å²) in [5, 5.41) is 13.0. The minimum atomic E-state index is -0.887. The van der Waals surface area contributed by atoms with Crippen LogP contribution in [0.4, 0.5) is 0 Å². The van der Waals surface area contributed by atoms with Crippen molar-refractivity contribution in [1.29, 1.82) is 0 Å². The lowest BCUT2D eigenvalue weighted by Crippen LogP contribution is -2.18. The molecule has 1 N–H and O–H groups in total. The van der Waals surface area contributed by atoms with Gasteiger partial charge in [-0.15, -0.1) is 0 Å². The molecule has 1 saturated carbocycles. The number of rotatable bonds is 3. The molecule has 0 bridgehead atoms. The van der Waals surface area contributed by atoms with Crippen LogP contribution in [-0.2, 0) is 6.54 Å². The highest BCUT2D eigenvalue weighted by Crippen LogP contribution is 2.27. The fraction of sp³-hybridized carbons (Fsp3) is 0.600. The lowest BCUT2D eigenvalue weighted by Gasteiger charge is -2.24. The van der Waals surface area contributed by atoms with Gasteiger partial charge >= 0.3 is 5.97 Å². The Hall–Kier alpha value is -1.32. The van der Waals surface area contributed by atoms with Crippen LogP contribution in [0.1, 0.15) is 35.3 Å². The Morgan fingerprint density at radius 1 is 1.71 bits per heavy atom. The molecular formula is C10H14N2O2. The number of hydrogen-bond donors (Lipinski definition) is 1. The zero-order chi connectivity index (χ0) is 10.1. The summed E-state index contributed by atoms with van der Waals surface area (Å²) in [6, 6.07) is 0. The predicted octanol–water partition coefficient (Wildman–Crippen LogP) is 1.69. The van der Waals surface area contributed by atoms with E-state index in [1.165, 1.54) is 19.3 Å². The fourth-order valence-corrected chi connectivity index (χ4v) is 1.76. The summed E-state index contributed by atoms with van der Waals surface area (Å²) in [5.41, 5.74) is 0.932. The molecule has 4 nitrogen and oxygen atoms in total. The molecule has 14 heavy (non-hydrogen) atoms. The third kappa shape index (κ3) is 1.64. The molecule has 0 saturated heterocycles. The summed E-state index contributed by atoms with van der Waals surface area (Å²) < 4.78 is 1.77. The monoisotopic (exact) mass is 194 g/mol. The number of carbonyl (C=O) groups is 1. The van der Waals surface area contributed by atoms with Crippen LogP contribution in [-0.4, -0.2) is 20.9 Å². The van der Waals surface area contributed by atoms with Crippen molar-refractivity contribution in [3.63, 3.8) is 0 Å². The van der Waals surface area contributed by atoms with Crippen LogP contribution >= 0.6 is 0 Å². The molecule has 1 heterocycles. The zero-order valence-electron chi connectivity index (χ0n) is 8.23. The van der Waals surface area contributed by atoms with Crippen molar-refractivity contribution in [3.05, 3.63) is 17.5 Å². The molecule has 1 fully saturated rings. The van der Waals surface area contributed by atoms with Crippen molar-refractivity contribution in [2.75, 3.05) is 0 Å². The Labute approximate surface area is 82.5 Å². The van der Waals surface area contributed by atoms with Crippen LogP contribution < -0.4 is 0 Å². The summed E-state index contributed by atoms with van der Waals surface area (Å²) in [5.74, 6) is -0.182. The highest BCUT2D eigenvalue weighted by molar-refractivity contribution is 5.88. The first-order chi connectivity index (χ1) is 6.66. The fourth-order valence-electron chi connectivity index (χ4n) is 1.76. The maximum Gasteiger partial charge on any atom is 0.339 e. The molecule has 1 aliphatic rings. The first-order valence-corrected chi connectivity index (χ1v) is 4.94. The van der Waals surface area contributed by atoms with Gasteiger partial charge in [0, 0.05) is 12.7 Å². The highest BCUT2D eigenvalue weighted by atomic mass is 16.4. The van der Waals surface area contributed by atoms with Gasteiger partial charge in [-0.25, -0.2) is 4.79 Å². The highest BCUT2D eigenvalue weighted by Gasteiger charge is 2.19. The molecule has 0 aliphatic heterocycles. The van der Waals surface area contributed by atoms with Gasteiger partial charge in [0.1, 0.15) is 5.56 Å². The van der Waals surface area contributed by atoms with E-state index in [1.807, 2.05) is 0 Å². The van der Waals surface area contributed by atoms with Crippen LogP contribution in [0, 0.1) is 12.8 Å². The van der Waals surface area contributed by atoms with Crippen LogP contribution in [0.25, 0.3) is 0 Å². The van der Waals surface area contributed by atoms with Gasteiger partial charge in [0.15, 0.2) is 0 Å². The summed E-state index contributed by atoms with van der Waals surface area (Å²) >= 11 is 0. The first kappa shape index (κ1) is 9.24. The minimum Gasteiger partial charge on any atom is -0.478 e. The van der Waals surface area contributed by atoms with Crippen molar-refractivity contribution in [3.8, 4) is 0 Å². The largest absolute Gasteiger partial charge is 0.478 e. The van der Waals surface area contributed by atoms with E-state index in [4.69, 9.17) is 5.11 Å². The summed E-state index contributed by atoms with van der Waals surface area (Å²) in [4.78, 5) is 10.8. The average Bonchev–Trinajstić information content (AvgIpc) is 2.39. The van der Waals surface area contributed by atoms with Crippen molar-refractivity contribution < 1.29 is 9.90 Å². The van der Waals surface area contributed by atoms with Crippen molar-refractivity contribution in [2.24, 2.45) is 5.92 Å². The number of carboxylic acid groups (broad SMARTS) is 1. The van der Waals surface area contributed by atoms with Crippen LogP contribution in [0.5, 0.6) is 0 Å². The van der Waals surface area contributed by atoms with Gasteiger partial charge in [-0.1, -0.05) is 6.42 Å². The molecule has 76 valence electrons. The molecule has 0 atom stereocenters. The zero-order valence-corrected chi connectivity index (χ0v) is 8.23. The second-order valence-electron chi connectivity index (χ2n) is 3.95. The van der Waals surface area contributed by atoms with Crippen LogP contribution in [0.3, 0.4) is 0 Å². The van der Waals surface area contributed by atoms with E-state index in [0.717, 1.165) is 6.54 Å². The Morgan fingerprint density at radius 3 is 2.86 bits per heavy atom. The van der Waals surface area contributed by atoms with Crippen molar-refractivity contribution >= 4 is 5.97 Å². The van der Waals surface area contributed by atoms with Gasteiger partial charge in [-0.05, 0) is 25.7 Å². The van der Waals surface area contributed by atoms with Gasteiger partial charge in [0.2, 0.25) is 0 Å². The lowest BCUT2D eigenvalue weighted by molar-refractivity contribution is 0.0696. The number of aryl methyl sites for hydroxylation is 1. The van der Waals surface area contributed by atoms with Crippen LogP contribution in [0.2, 0.25) is 0 Å². The molecule has 0 spiro atoms. The quantitative estimate of drug-likeness (QED) is 0.796. The van der Waals surface area contributed by atoms with Gasteiger partial charge in [0.05, 0.1) is 5.69 Å². The van der Waals surface area contributed by atoms with Crippen LogP contribution in [0.15, 0.2) is 6.20 Å². The van der Waals surface area contributed by atoms with Gasteiger partial charge in [0.25, 0.3) is 0 Å². The molecule has 1 aliphatic carbocycles. The predicted molar refractivity (Wildman–Crippen MR) is 51.3 cm³/mol. The maximum absolute atomic E-state index is 10.8. The van der Waals surface area contributed by atoms with Gasteiger partial charge < -0.3 is 5.11 Å². The molecule has 0 amide bonds. The number of nitrogens with zero attached hydrogens (tertiary/aromatic N) is 2. The second kappa shape index (κ2) is 3.44. The van der Waals surface area contributed by atoms with E-state index < -0.39 is 5.97 Å². The molecule has 0 unspecified atom stereocenters. The van der Waals surface area contributed by atoms with Crippen molar-refractivity contribution in [1.82, 2.24) is 9.78 Å². The van der Waals surface area contributed by atoms with Crippen molar-refractivity contribution in [2.45, 2.75) is 32.7 Å². The van der Waals surface area contributed by atoms with Gasteiger partial charge in [-0.2, -0.15) is 5.10 Å². The third-order valence-electron chi connectivity index (χ3n) is 2.85. The van der Waals surface area contributed by atoms with E-state index >= 15 is 0 Å². The Balaban J connectivity index is 2.10. The number of aromatic carboxylic acids is 1. The molecule has 1 aromatic rings.